The molecule has 0 spiro atoms. The highest BCUT2D eigenvalue weighted by atomic mass is 32.2. The maximum Gasteiger partial charge on any atom is 0.301 e. The fraction of sp³-hybridized carbons (Fsp3) is 0.167. The number of carbonyl (C=O) groups is 2. The van der Waals surface area contributed by atoms with E-state index in [9.17, 15) is 33.2 Å². The van der Waals surface area contributed by atoms with E-state index in [0.717, 1.165) is 46.5 Å². The van der Waals surface area contributed by atoms with E-state index < -0.39 is 32.5 Å². The third-order valence-corrected chi connectivity index (χ3v) is 10.2. The number of hydrogen-bond donors (Lipinski definition) is 1. The summed E-state index contributed by atoms with van der Waals surface area (Å²) in [6.45, 7) is 5.94. The van der Waals surface area contributed by atoms with Gasteiger partial charge in [0.25, 0.3) is 11.5 Å². The second-order valence-electron chi connectivity index (χ2n) is 10.1. The number of nitro groups is 1. The summed E-state index contributed by atoms with van der Waals surface area (Å²) in [6.07, 6.45) is 1.08. The molecular weight excluding hydrogens is 578 g/mol. The van der Waals surface area contributed by atoms with Crippen LogP contribution in [0.5, 0.6) is 0 Å². The monoisotopic (exact) mass is 603 g/mol. The summed E-state index contributed by atoms with van der Waals surface area (Å²) in [4.78, 5) is 42.4. The molecule has 1 saturated heterocycles. The lowest BCUT2D eigenvalue weighted by Crippen LogP contribution is -2.29. The van der Waals surface area contributed by atoms with E-state index in [1.807, 2.05) is 32.9 Å². The zero-order valence-corrected chi connectivity index (χ0v) is 24.3. The van der Waals surface area contributed by atoms with Crippen LogP contribution in [0.15, 0.2) is 93.7 Å². The van der Waals surface area contributed by atoms with Gasteiger partial charge in [0.05, 0.1) is 27.6 Å². The van der Waals surface area contributed by atoms with Crippen LogP contribution in [0.4, 0.5) is 10.8 Å². The molecule has 0 bridgehead atoms. The normalized spacial score (nSPS) is 16.8. The number of amides is 1. The second kappa shape index (κ2) is 11.0. The summed E-state index contributed by atoms with van der Waals surface area (Å²) >= 11 is 0.682. The van der Waals surface area contributed by atoms with Gasteiger partial charge in [0.1, 0.15) is 9.97 Å². The first-order valence-corrected chi connectivity index (χ1v) is 15.1. The number of ketones is 1. The molecule has 12 heteroatoms. The van der Waals surface area contributed by atoms with E-state index in [1.165, 1.54) is 0 Å². The van der Waals surface area contributed by atoms with E-state index in [2.05, 4.69) is 4.98 Å². The lowest BCUT2D eigenvalue weighted by molar-refractivity contribution is -0.384. The minimum absolute atomic E-state index is 0.0570. The lowest BCUT2D eigenvalue weighted by Gasteiger charge is -2.23. The predicted molar refractivity (Wildman–Crippen MR) is 157 cm³/mol. The molecule has 0 unspecified atom stereocenters. The molecule has 1 aliphatic heterocycles. The Morgan fingerprint density at radius 3 is 2.19 bits per heavy atom. The molecule has 5 rings (SSSR count). The Hall–Kier alpha value is -4.68. The van der Waals surface area contributed by atoms with Crippen molar-refractivity contribution in [3.8, 4) is 0 Å². The predicted octanol–water partition coefficient (Wildman–Crippen LogP) is 5.94. The molecular formula is C30H25N3O7S2. The summed E-state index contributed by atoms with van der Waals surface area (Å²) in [6, 6.07) is 17.5. The number of non-ortho nitro benzene ring substituents is 1. The zero-order valence-electron chi connectivity index (χ0n) is 22.7. The van der Waals surface area contributed by atoms with Crippen LogP contribution >= 0.6 is 11.3 Å². The van der Waals surface area contributed by atoms with Gasteiger partial charge >= 0.3 is 5.91 Å². The van der Waals surface area contributed by atoms with Gasteiger partial charge in [0.2, 0.25) is 9.84 Å². The first kappa shape index (κ1) is 28.8. The molecule has 1 aliphatic rings. The molecule has 1 aromatic heterocycles. The SMILES string of the molecule is Cc1ccc(C(O)=C2C(=O)C(=O)N(c3ncc(S(=O)(=O)c4ccc([N+](=O)[O-])cc4)s3)[C@@H]2c2ccc(C(C)C)cc2)cc1. The average Bonchev–Trinajstić information content (AvgIpc) is 3.56. The summed E-state index contributed by atoms with van der Waals surface area (Å²) in [5.41, 5.74) is 2.44. The third kappa shape index (κ3) is 5.10. The highest BCUT2D eigenvalue weighted by Gasteiger charge is 2.48. The number of hydrogen-bond acceptors (Lipinski definition) is 9. The summed E-state index contributed by atoms with van der Waals surface area (Å²) in [5.74, 6) is -2.02. The van der Waals surface area contributed by atoms with Crippen LogP contribution < -0.4 is 4.90 Å². The Labute approximate surface area is 245 Å². The first-order chi connectivity index (χ1) is 19.9. The van der Waals surface area contributed by atoms with Crippen molar-refractivity contribution in [3.05, 3.63) is 117 Å². The number of aliphatic hydroxyl groups excluding tert-OH is 1. The number of sulfone groups is 1. The van der Waals surface area contributed by atoms with E-state index >= 15 is 0 Å². The Bertz CT molecular complexity index is 1840. The summed E-state index contributed by atoms with van der Waals surface area (Å²) < 4.78 is 26.4. The van der Waals surface area contributed by atoms with Gasteiger partial charge in [-0.05, 0) is 36.1 Å². The van der Waals surface area contributed by atoms with Crippen molar-refractivity contribution >= 4 is 49.4 Å². The maximum absolute atomic E-state index is 13.5. The van der Waals surface area contributed by atoms with Crippen molar-refractivity contribution in [2.45, 2.75) is 41.8 Å². The van der Waals surface area contributed by atoms with Crippen LogP contribution in [0, 0.1) is 17.0 Å². The van der Waals surface area contributed by atoms with Crippen molar-refractivity contribution in [1.82, 2.24) is 4.98 Å². The van der Waals surface area contributed by atoms with E-state index in [4.69, 9.17) is 0 Å². The fourth-order valence-corrected chi connectivity index (χ4v) is 7.17. The molecule has 2 heterocycles. The van der Waals surface area contributed by atoms with Crippen molar-refractivity contribution < 1.29 is 28.0 Å². The number of Topliss-reactive ketones (excluding diaryl/α,β-unsaturated/α-hetero) is 1. The van der Waals surface area contributed by atoms with Crippen molar-refractivity contribution in [2.75, 3.05) is 4.90 Å². The molecule has 3 aromatic carbocycles. The van der Waals surface area contributed by atoms with Crippen LogP contribution in [0.2, 0.25) is 0 Å². The average molecular weight is 604 g/mol. The molecule has 42 heavy (non-hydrogen) atoms. The molecule has 0 saturated carbocycles. The molecule has 1 N–H and O–H groups in total. The van der Waals surface area contributed by atoms with E-state index in [-0.39, 0.29) is 37.2 Å². The molecule has 0 radical (unpaired) electrons. The maximum atomic E-state index is 13.5. The third-order valence-electron chi connectivity index (χ3n) is 6.99. The van der Waals surface area contributed by atoms with E-state index in [1.54, 1.807) is 36.4 Å². The minimum Gasteiger partial charge on any atom is -0.507 e. The van der Waals surface area contributed by atoms with Gasteiger partial charge in [-0.2, -0.15) is 0 Å². The molecule has 10 nitrogen and oxygen atoms in total. The number of nitrogens with zero attached hydrogens (tertiary/aromatic N) is 3. The molecule has 0 aliphatic carbocycles. The Balaban J connectivity index is 1.62. The van der Waals surface area contributed by atoms with Gasteiger partial charge in [0, 0.05) is 17.7 Å². The van der Waals surface area contributed by atoms with Gasteiger partial charge in [-0.25, -0.2) is 13.4 Å². The second-order valence-corrected chi connectivity index (χ2v) is 13.3. The van der Waals surface area contributed by atoms with Crippen molar-refractivity contribution in [3.63, 3.8) is 0 Å². The van der Waals surface area contributed by atoms with Gasteiger partial charge in [-0.1, -0.05) is 79.3 Å². The quantitative estimate of drug-likeness (QED) is 0.0897. The number of benzene rings is 3. The van der Waals surface area contributed by atoms with Gasteiger partial charge < -0.3 is 5.11 Å². The summed E-state index contributed by atoms with van der Waals surface area (Å²) in [5, 5.41) is 22.2. The molecule has 1 fully saturated rings. The van der Waals surface area contributed by atoms with E-state index in [0.29, 0.717) is 22.5 Å². The Kier molecular flexibility index (Phi) is 7.52. The first-order valence-electron chi connectivity index (χ1n) is 12.8. The lowest BCUT2D eigenvalue weighted by atomic mass is 9.93. The smallest absolute Gasteiger partial charge is 0.301 e. The van der Waals surface area contributed by atoms with Crippen LogP contribution in [0.25, 0.3) is 5.76 Å². The van der Waals surface area contributed by atoms with Gasteiger partial charge in [-0.3, -0.25) is 24.6 Å². The Morgan fingerprint density at radius 1 is 1.00 bits per heavy atom. The molecule has 214 valence electrons. The highest BCUT2D eigenvalue weighted by Crippen LogP contribution is 2.44. The van der Waals surface area contributed by atoms with Crippen molar-refractivity contribution in [1.29, 1.82) is 0 Å². The van der Waals surface area contributed by atoms with Crippen LogP contribution in [-0.4, -0.2) is 35.1 Å². The number of anilines is 1. The largest absolute Gasteiger partial charge is 0.507 e. The number of aryl methyl sites for hydroxylation is 1. The van der Waals surface area contributed by atoms with Gasteiger partial charge in [-0.15, -0.1) is 0 Å². The number of rotatable bonds is 7. The van der Waals surface area contributed by atoms with Crippen LogP contribution in [-0.2, 0) is 19.4 Å². The number of aliphatic hydroxyl groups is 1. The fourth-order valence-electron chi connectivity index (χ4n) is 4.62. The Morgan fingerprint density at radius 2 is 1.62 bits per heavy atom. The highest BCUT2D eigenvalue weighted by molar-refractivity contribution is 7.93. The molecule has 1 atom stereocenters. The van der Waals surface area contributed by atoms with Crippen LogP contribution in [0.1, 0.15) is 48.1 Å². The summed E-state index contributed by atoms with van der Waals surface area (Å²) in [7, 11) is -4.15. The van der Waals surface area contributed by atoms with Gasteiger partial charge in [0.15, 0.2) is 5.13 Å². The zero-order chi connectivity index (χ0) is 30.3. The number of carbonyl (C=O) groups excluding carboxylic acids is 2. The number of nitro benzene ring substituents is 1. The topological polar surface area (TPSA) is 148 Å². The molecule has 4 aromatic rings. The molecule has 1 amide bonds. The minimum atomic E-state index is -4.15. The van der Waals surface area contributed by atoms with Crippen LogP contribution in [0.3, 0.4) is 0 Å². The number of aromatic nitrogens is 1. The number of thiazole rings is 1. The van der Waals surface area contributed by atoms with Crippen molar-refractivity contribution in [2.24, 2.45) is 0 Å². The standard InChI is InChI=1S/C30H25N3O7S2/c1-17(2)19-8-10-20(11-9-19)26-25(27(34)21-6-4-18(3)5-7-21)28(35)29(36)32(26)30-31-16-24(41-30)42(39,40)23-14-12-22(13-15-23)33(37)38/h4-17,26,34H,1-3H3/t26-/m1/s1.